The van der Waals surface area contributed by atoms with Crippen molar-refractivity contribution < 1.29 is 4.79 Å². The summed E-state index contributed by atoms with van der Waals surface area (Å²) in [6, 6.07) is 2.20. The van der Waals surface area contributed by atoms with Gasteiger partial charge < -0.3 is 5.32 Å². The van der Waals surface area contributed by atoms with Crippen LogP contribution in [-0.4, -0.2) is 27.3 Å². The predicted molar refractivity (Wildman–Crippen MR) is 114 cm³/mol. The van der Waals surface area contributed by atoms with Crippen molar-refractivity contribution in [2.45, 2.75) is 63.7 Å². The SMILES string of the molecule is C=CCn1c(SCC(=O)N[C@H]2CCCC[C@H]2C)nc2sc(CC)cc2c1=O. The molecule has 0 spiro atoms. The van der Waals surface area contributed by atoms with Gasteiger partial charge in [0.25, 0.3) is 5.56 Å². The van der Waals surface area contributed by atoms with E-state index in [4.69, 9.17) is 0 Å². The van der Waals surface area contributed by atoms with Gasteiger partial charge in [-0.1, -0.05) is 44.5 Å². The number of nitrogens with one attached hydrogen (secondary N) is 1. The second-order valence-corrected chi connectivity index (χ2v) is 9.17. The molecule has 2 aromatic heterocycles. The first kappa shape index (κ1) is 20.1. The van der Waals surface area contributed by atoms with Crippen LogP contribution in [0.4, 0.5) is 0 Å². The minimum atomic E-state index is -0.0559. The van der Waals surface area contributed by atoms with Gasteiger partial charge in [-0.2, -0.15) is 0 Å². The highest BCUT2D eigenvalue weighted by Gasteiger charge is 2.23. The highest BCUT2D eigenvalue weighted by molar-refractivity contribution is 7.99. The Hall–Kier alpha value is -1.60. The number of hydrogen-bond donors (Lipinski definition) is 1. The van der Waals surface area contributed by atoms with Crippen LogP contribution in [0.2, 0.25) is 0 Å². The minimum absolute atomic E-state index is 0.0127. The summed E-state index contributed by atoms with van der Waals surface area (Å²) in [6.07, 6.45) is 7.23. The third-order valence-electron chi connectivity index (χ3n) is 5.12. The van der Waals surface area contributed by atoms with Crippen molar-refractivity contribution in [1.29, 1.82) is 0 Å². The van der Waals surface area contributed by atoms with Gasteiger partial charge in [-0.25, -0.2) is 4.98 Å². The first-order valence-corrected chi connectivity index (χ1v) is 11.4. The van der Waals surface area contributed by atoms with Crippen LogP contribution < -0.4 is 10.9 Å². The van der Waals surface area contributed by atoms with Gasteiger partial charge in [0.2, 0.25) is 5.91 Å². The quantitative estimate of drug-likeness (QED) is 0.430. The number of rotatable bonds is 7. The topological polar surface area (TPSA) is 64.0 Å². The number of carbonyl (C=O) groups is 1. The number of carbonyl (C=O) groups excluding carboxylic acids is 1. The lowest BCUT2D eigenvalue weighted by Gasteiger charge is -2.29. The zero-order valence-electron chi connectivity index (χ0n) is 16.0. The fourth-order valence-corrected chi connectivity index (χ4v) is 5.36. The van der Waals surface area contributed by atoms with Crippen molar-refractivity contribution in [2.24, 2.45) is 5.92 Å². The van der Waals surface area contributed by atoms with E-state index in [1.54, 1.807) is 22.0 Å². The Labute approximate surface area is 168 Å². The molecule has 146 valence electrons. The lowest BCUT2D eigenvalue weighted by atomic mass is 9.86. The van der Waals surface area contributed by atoms with Gasteiger partial charge >= 0.3 is 0 Å². The average Bonchev–Trinajstić information content (AvgIpc) is 3.08. The Balaban J connectivity index is 1.76. The maximum atomic E-state index is 12.8. The van der Waals surface area contributed by atoms with Crippen molar-refractivity contribution in [1.82, 2.24) is 14.9 Å². The molecule has 0 aliphatic heterocycles. The number of hydrogen-bond acceptors (Lipinski definition) is 5. The monoisotopic (exact) mass is 405 g/mol. The maximum Gasteiger partial charge on any atom is 0.263 e. The van der Waals surface area contributed by atoms with E-state index < -0.39 is 0 Å². The van der Waals surface area contributed by atoms with Crippen molar-refractivity contribution in [3.63, 3.8) is 0 Å². The van der Waals surface area contributed by atoms with E-state index in [2.05, 4.69) is 30.7 Å². The van der Waals surface area contributed by atoms with Crippen LogP contribution in [0, 0.1) is 5.92 Å². The standard InChI is InChI=1S/C20H27N3O2S2/c1-4-10-23-19(25)15-11-14(5-2)27-18(15)22-20(23)26-12-17(24)21-16-9-7-6-8-13(16)3/h4,11,13,16H,1,5-10,12H2,2-3H3,(H,21,24)/t13-,16+/m1/s1. The van der Waals surface area contributed by atoms with Crippen LogP contribution in [0.15, 0.2) is 28.7 Å². The van der Waals surface area contributed by atoms with Crippen molar-refractivity contribution in [2.75, 3.05) is 5.75 Å². The lowest BCUT2D eigenvalue weighted by molar-refractivity contribution is -0.119. The molecule has 1 fully saturated rings. The van der Waals surface area contributed by atoms with Crippen LogP contribution >= 0.6 is 23.1 Å². The van der Waals surface area contributed by atoms with Crippen LogP contribution in [0.1, 0.15) is 44.4 Å². The zero-order chi connectivity index (χ0) is 19.4. The molecule has 0 saturated heterocycles. The minimum Gasteiger partial charge on any atom is -0.352 e. The number of fused-ring (bicyclic) bond motifs is 1. The van der Waals surface area contributed by atoms with Gasteiger partial charge in [-0.05, 0) is 31.2 Å². The van der Waals surface area contributed by atoms with E-state index in [0.717, 1.165) is 22.5 Å². The Kier molecular flexibility index (Phi) is 6.76. The largest absolute Gasteiger partial charge is 0.352 e. The van der Waals surface area contributed by atoms with Crippen molar-refractivity contribution in [3.8, 4) is 0 Å². The van der Waals surface area contributed by atoms with E-state index in [9.17, 15) is 9.59 Å². The fraction of sp³-hybridized carbons (Fsp3) is 0.550. The molecule has 0 radical (unpaired) electrons. The maximum absolute atomic E-state index is 12.8. The van der Waals surface area contributed by atoms with Crippen LogP contribution in [0.5, 0.6) is 0 Å². The van der Waals surface area contributed by atoms with E-state index >= 15 is 0 Å². The third-order valence-corrected chi connectivity index (χ3v) is 7.27. The molecule has 2 aromatic rings. The Morgan fingerprint density at radius 1 is 1.48 bits per heavy atom. The van der Waals surface area contributed by atoms with Gasteiger partial charge in [0.05, 0.1) is 11.1 Å². The third kappa shape index (κ3) is 4.63. The summed E-state index contributed by atoms with van der Waals surface area (Å²) in [6.45, 7) is 8.41. The summed E-state index contributed by atoms with van der Waals surface area (Å²) in [4.78, 5) is 31.8. The average molecular weight is 406 g/mol. The number of nitrogens with zero attached hydrogens (tertiary/aromatic N) is 2. The molecule has 0 aromatic carbocycles. The van der Waals surface area contributed by atoms with Gasteiger partial charge in [-0.3, -0.25) is 14.2 Å². The highest BCUT2D eigenvalue weighted by atomic mass is 32.2. The lowest BCUT2D eigenvalue weighted by Crippen LogP contribution is -2.41. The molecule has 2 heterocycles. The van der Waals surface area contributed by atoms with E-state index in [1.807, 2.05) is 6.07 Å². The molecule has 3 rings (SSSR count). The normalized spacial score (nSPS) is 19.9. The predicted octanol–water partition coefficient (Wildman–Crippen LogP) is 3.99. The molecule has 1 amide bonds. The number of aryl methyl sites for hydroxylation is 1. The van der Waals surface area contributed by atoms with E-state index in [0.29, 0.717) is 23.0 Å². The van der Waals surface area contributed by atoms with Crippen LogP contribution in [0.3, 0.4) is 0 Å². The number of amides is 1. The number of aromatic nitrogens is 2. The molecule has 0 unspecified atom stereocenters. The Morgan fingerprint density at radius 2 is 2.26 bits per heavy atom. The second kappa shape index (κ2) is 9.06. The van der Waals surface area contributed by atoms with Crippen LogP contribution in [0.25, 0.3) is 10.2 Å². The van der Waals surface area contributed by atoms with Crippen molar-refractivity contribution in [3.05, 3.63) is 34.0 Å². The van der Waals surface area contributed by atoms with Gasteiger partial charge in [0, 0.05) is 17.5 Å². The molecule has 1 saturated carbocycles. The first-order chi connectivity index (χ1) is 13.0. The molecule has 1 aliphatic carbocycles. The first-order valence-electron chi connectivity index (χ1n) is 9.59. The molecule has 0 bridgehead atoms. The number of thiophene rings is 1. The molecule has 1 aliphatic rings. The van der Waals surface area contributed by atoms with E-state index in [-0.39, 0.29) is 23.3 Å². The Bertz CT molecular complexity index is 887. The van der Waals surface area contributed by atoms with Gasteiger partial charge in [-0.15, -0.1) is 17.9 Å². The molecular weight excluding hydrogens is 378 g/mol. The highest BCUT2D eigenvalue weighted by Crippen LogP contribution is 2.26. The molecule has 27 heavy (non-hydrogen) atoms. The summed E-state index contributed by atoms with van der Waals surface area (Å²) in [5, 5.41) is 4.41. The Morgan fingerprint density at radius 3 is 2.96 bits per heavy atom. The van der Waals surface area contributed by atoms with E-state index in [1.165, 1.54) is 31.0 Å². The molecule has 7 heteroatoms. The second-order valence-electron chi connectivity index (χ2n) is 7.11. The van der Waals surface area contributed by atoms with Crippen molar-refractivity contribution >= 4 is 39.2 Å². The molecule has 1 N–H and O–H groups in total. The summed E-state index contributed by atoms with van der Waals surface area (Å²) < 4.78 is 1.61. The zero-order valence-corrected chi connectivity index (χ0v) is 17.6. The molecule has 2 atom stereocenters. The summed E-state index contributed by atoms with van der Waals surface area (Å²) in [5.41, 5.74) is -0.0559. The number of allylic oxidation sites excluding steroid dienone is 1. The summed E-state index contributed by atoms with van der Waals surface area (Å²) >= 11 is 2.88. The fourth-order valence-electron chi connectivity index (χ4n) is 3.53. The van der Waals surface area contributed by atoms with Gasteiger partial charge in [0.15, 0.2) is 5.16 Å². The molecular formula is C20H27N3O2S2. The number of thioether (sulfide) groups is 1. The summed E-state index contributed by atoms with van der Waals surface area (Å²) in [7, 11) is 0. The molecule has 5 nitrogen and oxygen atoms in total. The van der Waals surface area contributed by atoms with Gasteiger partial charge in [0.1, 0.15) is 4.83 Å². The summed E-state index contributed by atoms with van der Waals surface area (Å²) in [5.74, 6) is 0.808. The van der Waals surface area contributed by atoms with Crippen LogP contribution in [-0.2, 0) is 17.8 Å². The smallest absolute Gasteiger partial charge is 0.263 e.